The second kappa shape index (κ2) is 6.20. The normalized spacial score (nSPS) is 18.8. The Hall–Kier alpha value is -2.07. The van der Waals surface area contributed by atoms with Crippen LogP contribution in [0.25, 0.3) is 0 Å². The highest BCUT2D eigenvalue weighted by Crippen LogP contribution is 2.40. The van der Waals surface area contributed by atoms with E-state index in [0.717, 1.165) is 36.0 Å². The minimum Gasteiger partial charge on any atom is -0.453 e. The van der Waals surface area contributed by atoms with Gasteiger partial charge < -0.3 is 9.64 Å². The van der Waals surface area contributed by atoms with Crippen LogP contribution < -0.4 is 9.64 Å². The number of nitrogens with zero attached hydrogens (tertiary/aromatic N) is 3. The number of benzene rings is 1. The van der Waals surface area contributed by atoms with E-state index in [1.165, 1.54) is 11.3 Å². The molecule has 0 saturated carbocycles. The number of allylic oxidation sites excluding steroid dienone is 1. The topological polar surface area (TPSA) is 28.1 Å². The van der Waals surface area contributed by atoms with Crippen LogP contribution in [0, 0.1) is 6.92 Å². The monoisotopic (exact) mass is 311 g/mol. The molecule has 4 nitrogen and oxygen atoms in total. The minimum absolute atomic E-state index is 0.248. The molecule has 1 atom stereocenters. The Labute approximate surface area is 138 Å². The summed E-state index contributed by atoms with van der Waals surface area (Å²) < 4.78 is 6.18. The molecule has 2 aliphatic rings. The van der Waals surface area contributed by atoms with Crippen molar-refractivity contribution < 1.29 is 4.74 Å². The van der Waals surface area contributed by atoms with Crippen molar-refractivity contribution in [2.24, 2.45) is 4.99 Å². The van der Waals surface area contributed by atoms with E-state index in [1.54, 1.807) is 0 Å². The maximum absolute atomic E-state index is 6.18. The Bertz CT molecular complexity index is 697. The van der Waals surface area contributed by atoms with Gasteiger partial charge in [0.25, 0.3) is 0 Å². The summed E-state index contributed by atoms with van der Waals surface area (Å²) >= 11 is 0. The van der Waals surface area contributed by atoms with Gasteiger partial charge in [0, 0.05) is 30.9 Å². The first-order valence-electron chi connectivity index (χ1n) is 8.26. The standard InChI is InChI=1S/C19H25N3O/c1-6-22(7-2)17-12-19-16(10-13(17)3)20-15-9-8-14(21(4)5)11-18(15)23-19/h8-12,14H,6-7H2,1-5H3. The van der Waals surface area contributed by atoms with Crippen LogP contribution in [-0.2, 0) is 0 Å². The van der Waals surface area contributed by atoms with E-state index in [2.05, 4.69) is 75.0 Å². The molecule has 1 heterocycles. The largest absolute Gasteiger partial charge is 0.453 e. The first-order valence-corrected chi connectivity index (χ1v) is 8.26. The van der Waals surface area contributed by atoms with Crippen molar-refractivity contribution in [3.8, 4) is 5.75 Å². The van der Waals surface area contributed by atoms with E-state index >= 15 is 0 Å². The zero-order valence-corrected chi connectivity index (χ0v) is 14.6. The third kappa shape index (κ3) is 2.91. The van der Waals surface area contributed by atoms with Gasteiger partial charge in [-0.1, -0.05) is 6.08 Å². The molecule has 0 spiro atoms. The van der Waals surface area contributed by atoms with E-state index in [-0.39, 0.29) is 6.04 Å². The quantitative estimate of drug-likeness (QED) is 0.849. The summed E-state index contributed by atoms with van der Waals surface area (Å²) in [7, 11) is 4.12. The van der Waals surface area contributed by atoms with Gasteiger partial charge in [0.05, 0.1) is 0 Å². The fourth-order valence-corrected chi connectivity index (χ4v) is 3.05. The van der Waals surface area contributed by atoms with Crippen LogP contribution in [0.1, 0.15) is 19.4 Å². The van der Waals surface area contributed by atoms with Crippen LogP contribution in [0.2, 0.25) is 0 Å². The summed E-state index contributed by atoms with van der Waals surface area (Å²) in [5.74, 6) is 1.70. The summed E-state index contributed by atoms with van der Waals surface area (Å²) in [4.78, 5) is 9.27. The molecule has 122 valence electrons. The summed E-state index contributed by atoms with van der Waals surface area (Å²) in [5, 5.41) is 0. The van der Waals surface area contributed by atoms with Gasteiger partial charge in [0.2, 0.25) is 0 Å². The maximum Gasteiger partial charge on any atom is 0.155 e. The zero-order valence-electron chi connectivity index (χ0n) is 14.6. The molecule has 0 saturated heterocycles. The fraction of sp³-hybridized carbons (Fsp3) is 0.421. The third-order valence-electron chi connectivity index (χ3n) is 4.46. The predicted octanol–water partition coefficient (Wildman–Crippen LogP) is 3.69. The van der Waals surface area contributed by atoms with Gasteiger partial charge in [-0.2, -0.15) is 0 Å². The average Bonchev–Trinajstić information content (AvgIpc) is 2.54. The zero-order chi connectivity index (χ0) is 16.6. The lowest BCUT2D eigenvalue weighted by atomic mass is 10.0. The molecule has 0 amide bonds. The van der Waals surface area contributed by atoms with Gasteiger partial charge >= 0.3 is 0 Å². The lowest BCUT2D eigenvalue weighted by Gasteiger charge is -2.28. The van der Waals surface area contributed by atoms with Crippen LogP contribution in [-0.4, -0.2) is 43.8 Å². The van der Waals surface area contributed by atoms with Crippen molar-refractivity contribution in [1.29, 1.82) is 0 Å². The highest BCUT2D eigenvalue weighted by Gasteiger charge is 2.23. The number of aliphatic imine (C=N–C) groups is 1. The van der Waals surface area contributed by atoms with E-state index in [1.807, 2.05) is 0 Å². The smallest absolute Gasteiger partial charge is 0.155 e. The SMILES string of the molecule is CCN(CC)c1cc2c(cc1C)N=C1C=CC(N(C)C)C=C1O2. The first kappa shape index (κ1) is 15.8. The van der Waals surface area contributed by atoms with Crippen molar-refractivity contribution in [3.05, 3.63) is 41.7 Å². The van der Waals surface area contributed by atoms with Crippen LogP contribution in [0.15, 0.2) is 41.1 Å². The summed E-state index contributed by atoms with van der Waals surface area (Å²) in [5.41, 5.74) is 4.28. The minimum atomic E-state index is 0.248. The van der Waals surface area contributed by atoms with Crippen molar-refractivity contribution in [2.75, 3.05) is 32.1 Å². The number of rotatable bonds is 4. The molecule has 1 aromatic rings. The van der Waals surface area contributed by atoms with Gasteiger partial charge in [0.1, 0.15) is 11.4 Å². The Morgan fingerprint density at radius 2 is 1.91 bits per heavy atom. The Kier molecular flexibility index (Phi) is 4.26. The molecule has 3 rings (SSSR count). The van der Waals surface area contributed by atoms with Gasteiger partial charge in [0.15, 0.2) is 11.5 Å². The number of anilines is 1. The molecule has 1 unspecified atom stereocenters. The Morgan fingerprint density at radius 1 is 1.17 bits per heavy atom. The summed E-state index contributed by atoms with van der Waals surface area (Å²) in [6.07, 6.45) is 6.32. The molecule has 1 aliphatic carbocycles. The highest BCUT2D eigenvalue weighted by atomic mass is 16.5. The van der Waals surface area contributed by atoms with Gasteiger partial charge in [-0.05, 0) is 58.6 Å². The lowest BCUT2D eigenvalue weighted by Crippen LogP contribution is -2.29. The first-order chi connectivity index (χ1) is 11.0. The van der Waals surface area contributed by atoms with Crippen LogP contribution >= 0.6 is 0 Å². The van der Waals surface area contributed by atoms with Crippen molar-refractivity contribution in [2.45, 2.75) is 26.8 Å². The predicted molar refractivity (Wildman–Crippen MR) is 97.2 cm³/mol. The van der Waals surface area contributed by atoms with E-state index in [9.17, 15) is 0 Å². The van der Waals surface area contributed by atoms with E-state index < -0.39 is 0 Å². The van der Waals surface area contributed by atoms with Crippen LogP contribution in [0.4, 0.5) is 11.4 Å². The number of ether oxygens (including phenoxy) is 1. The Balaban J connectivity index is 2.01. The number of hydrogen-bond acceptors (Lipinski definition) is 4. The molecule has 1 aliphatic heterocycles. The molecule has 0 fully saturated rings. The van der Waals surface area contributed by atoms with Crippen molar-refractivity contribution >= 4 is 17.1 Å². The number of hydrogen-bond donors (Lipinski definition) is 0. The third-order valence-corrected chi connectivity index (χ3v) is 4.46. The average molecular weight is 311 g/mol. The lowest BCUT2D eigenvalue weighted by molar-refractivity contribution is 0.375. The Morgan fingerprint density at radius 3 is 2.57 bits per heavy atom. The highest BCUT2D eigenvalue weighted by molar-refractivity contribution is 6.11. The number of aryl methyl sites for hydroxylation is 1. The second-order valence-electron chi connectivity index (χ2n) is 6.22. The van der Waals surface area contributed by atoms with Crippen LogP contribution in [0.3, 0.4) is 0 Å². The van der Waals surface area contributed by atoms with Gasteiger partial charge in [-0.3, -0.25) is 4.90 Å². The van der Waals surface area contributed by atoms with Crippen molar-refractivity contribution in [3.63, 3.8) is 0 Å². The molecule has 1 aromatic carbocycles. The molecule has 0 radical (unpaired) electrons. The molecule has 0 N–H and O–H groups in total. The molecule has 0 bridgehead atoms. The molecular weight excluding hydrogens is 286 g/mol. The van der Waals surface area contributed by atoms with Crippen LogP contribution in [0.5, 0.6) is 5.75 Å². The number of likely N-dealkylation sites (N-methyl/N-ethyl adjacent to an activating group) is 1. The second-order valence-corrected chi connectivity index (χ2v) is 6.22. The van der Waals surface area contributed by atoms with E-state index in [0.29, 0.717) is 0 Å². The fourth-order valence-electron chi connectivity index (χ4n) is 3.05. The van der Waals surface area contributed by atoms with Gasteiger partial charge in [-0.15, -0.1) is 0 Å². The molecular formula is C19H25N3O. The number of fused-ring (bicyclic) bond motifs is 2. The molecule has 0 aromatic heterocycles. The summed E-state index contributed by atoms with van der Waals surface area (Å²) in [6, 6.07) is 4.50. The molecule has 4 heteroatoms. The molecule has 23 heavy (non-hydrogen) atoms. The van der Waals surface area contributed by atoms with Gasteiger partial charge in [-0.25, -0.2) is 4.99 Å². The summed E-state index contributed by atoms with van der Waals surface area (Å²) in [6.45, 7) is 8.46. The maximum atomic E-state index is 6.18. The van der Waals surface area contributed by atoms with Crippen molar-refractivity contribution in [1.82, 2.24) is 4.90 Å². The van der Waals surface area contributed by atoms with E-state index in [4.69, 9.17) is 9.73 Å².